The van der Waals surface area contributed by atoms with Crippen molar-refractivity contribution in [1.29, 1.82) is 0 Å². The van der Waals surface area contributed by atoms with E-state index in [1.54, 1.807) is 0 Å². The van der Waals surface area contributed by atoms with Crippen molar-refractivity contribution in [2.24, 2.45) is 11.8 Å². The summed E-state index contributed by atoms with van der Waals surface area (Å²) in [6, 6.07) is 7.79. The Morgan fingerprint density at radius 1 is 1.09 bits per heavy atom. The monoisotopic (exact) mass is 438 g/mol. The standard InChI is InChI=1S/C25H34N4O3/c1-16(2)17(3)26-24(31)18-12-14-28(15-13-18)23(30)11-10-22-27-21-7-5-4-6-20(21)25(32)29(22)19-8-9-19/h4-7,16-19H,8-15H2,1-3H3,(H,26,31). The van der Waals surface area contributed by atoms with Gasteiger partial charge < -0.3 is 10.2 Å². The number of benzene rings is 1. The molecule has 2 aliphatic rings. The van der Waals surface area contributed by atoms with E-state index in [9.17, 15) is 14.4 Å². The van der Waals surface area contributed by atoms with E-state index in [1.807, 2.05) is 40.7 Å². The number of nitrogens with zero attached hydrogens (tertiary/aromatic N) is 3. The minimum absolute atomic E-state index is 0.00278. The number of rotatable bonds is 7. The van der Waals surface area contributed by atoms with E-state index in [-0.39, 0.29) is 35.4 Å². The van der Waals surface area contributed by atoms with Crippen LogP contribution in [0, 0.1) is 11.8 Å². The number of para-hydroxylation sites is 1. The smallest absolute Gasteiger partial charge is 0.261 e. The lowest BCUT2D eigenvalue weighted by Crippen LogP contribution is -2.45. The summed E-state index contributed by atoms with van der Waals surface area (Å²) in [5, 5.41) is 3.74. The molecule has 1 saturated carbocycles. The van der Waals surface area contributed by atoms with Crippen molar-refractivity contribution in [3.05, 3.63) is 40.4 Å². The molecule has 0 radical (unpaired) electrons. The van der Waals surface area contributed by atoms with Crippen LogP contribution in [0.25, 0.3) is 10.9 Å². The molecule has 172 valence electrons. The highest BCUT2D eigenvalue weighted by Gasteiger charge is 2.30. The van der Waals surface area contributed by atoms with Crippen LogP contribution in [0.15, 0.2) is 29.1 Å². The maximum absolute atomic E-state index is 13.0. The van der Waals surface area contributed by atoms with Gasteiger partial charge in [0.25, 0.3) is 5.56 Å². The van der Waals surface area contributed by atoms with E-state index in [1.165, 1.54) is 0 Å². The van der Waals surface area contributed by atoms with Crippen LogP contribution >= 0.6 is 0 Å². The third kappa shape index (κ3) is 4.87. The van der Waals surface area contributed by atoms with Crippen LogP contribution in [0.5, 0.6) is 0 Å². The van der Waals surface area contributed by atoms with Crippen molar-refractivity contribution in [3.8, 4) is 0 Å². The zero-order valence-corrected chi connectivity index (χ0v) is 19.3. The predicted octanol–water partition coefficient (Wildman–Crippen LogP) is 3.06. The van der Waals surface area contributed by atoms with E-state index in [2.05, 4.69) is 19.2 Å². The summed E-state index contributed by atoms with van der Waals surface area (Å²) in [5.74, 6) is 1.26. The van der Waals surface area contributed by atoms with Crippen molar-refractivity contribution in [1.82, 2.24) is 19.8 Å². The van der Waals surface area contributed by atoms with E-state index >= 15 is 0 Å². The molecule has 4 rings (SSSR count). The van der Waals surface area contributed by atoms with Crippen LogP contribution in [-0.2, 0) is 16.0 Å². The topological polar surface area (TPSA) is 84.3 Å². The summed E-state index contributed by atoms with van der Waals surface area (Å²) in [5.41, 5.74) is 0.697. The van der Waals surface area contributed by atoms with Gasteiger partial charge in [-0.05, 0) is 50.7 Å². The second-order valence-electron chi connectivity index (χ2n) is 9.65. The van der Waals surface area contributed by atoms with Gasteiger partial charge in [0, 0.05) is 43.9 Å². The molecule has 1 aromatic carbocycles. The zero-order valence-electron chi connectivity index (χ0n) is 19.3. The van der Waals surface area contributed by atoms with Gasteiger partial charge in [0.15, 0.2) is 0 Å². The molecule has 32 heavy (non-hydrogen) atoms. The van der Waals surface area contributed by atoms with Crippen LogP contribution in [-0.4, -0.2) is 45.4 Å². The van der Waals surface area contributed by atoms with Gasteiger partial charge in [-0.1, -0.05) is 26.0 Å². The lowest BCUT2D eigenvalue weighted by molar-refractivity contribution is -0.135. The fraction of sp³-hybridized carbons (Fsp3) is 0.600. The molecule has 1 saturated heterocycles. The molecular weight excluding hydrogens is 404 g/mol. The average molecular weight is 439 g/mol. The van der Waals surface area contributed by atoms with E-state index < -0.39 is 0 Å². The van der Waals surface area contributed by atoms with E-state index in [0.29, 0.717) is 61.4 Å². The van der Waals surface area contributed by atoms with Gasteiger partial charge in [-0.3, -0.25) is 19.0 Å². The van der Waals surface area contributed by atoms with Crippen LogP contribution in [0.1, 0.15) is 64.7 Å². The normalized spacial score (nSPS) is 18.2. The molecule has 1 aliphatic carbocycles. The van der Waals surface area contributed by atoms with E-state index in [4.69, 9.17) is 4.98 Å². The Kier molecular flexibility index (Phi) is 6.63. The summed E-state index contributed by atoms with van der Waals surface area (Å²) < 4.78 is 1.81. The second kappa shape index (κ2) is 9.43. The molecule has 0 spiro atoms. The fourth-order valence-electron chi connectivity index (χ4n) is 4.35. The number of fused-ring (bicyclic) bond motifs is 1. The first kappa shape index (κ1) is 22.5. The fourth-order valence-corrected chi connectivity index (χ4v) is 4.35. The summed E-state index contributed by atoms with van der Waals surface area (Å²) in [6.45, 7) is 7.43. The Balaban J connectivity index is 1.36. The number of carbonyl (C=O) groups excluding carboxylic acids is 2. The van der Waals surface area contributed by atoms with Gasteiger partial charge >= 0.3 is 0 Å². The molecule has 1 atom stereocenters. The van der Waals surface area contributed by atoms with Crippen LogP contribution in [0.3, 0.4) is 0 Å². The average Bonchev–Trinajstić information content (AvgIpc) is 3.62. The number of aromatic nitrogens is 2. The highest BCUT2D eigenvalue weighted by Crippen LogP contribution is 2.35. The Bertz CT molecular complexity index is 1050. The van der Waals surface area contributed by atoms with Gasteiger partial charge in [-0.2, -0.15) is 0 Å². The molecule has 2 amide bonds. The molecule has 1 aliphatic heterocycles. The maximum atomic E-state index is 13.0. The highest BCUT2D eigenvalue weighted by atomic mass is 16.2. The Labute approximate surface area is 189 Å². The number of nitrogens with one attached hydrogen (secondary N) is 1. The van der Waals surface area contributed by atoms with Crippen molar-refractivity contribution >= 4 is 22.7 Å². The summed E-state index contributed by atoms with van der Waals surface area (Å²) in [6.07, 6.45) is 4.17. The SMILES string of the molecule is CC(C)C(C)NC(=O)C1CCN(C(=O)CCc2nc3ccccc3c(=O)n2C2CC2)CC1. The third-order valence-electron chi connectivity index (χ3n) is 6.94. The minimum Gasteiger partial charge on any atom is -0.353 e. The van der Waals surface area contributed by atoms with Crippen molar-refractivity contribution in [2.45, 2.75) is 71.4 Å². The summed E-state index contributed by atoms with van der Waals surface area (Å²) in [7, 11) is 0. The molecule has 0 bridgehead atoms. The molecule has 2 heterocycles. The van der Waals surface area contributed by atoms with Gasteiger partial charge in [0.05, 0.1) is 10.9 Å². The Hall–Kier alpha value is -2.70. The van der Waals surface area contributed by atoms with Crippen molar-refractivity contribution < 1.29 is 9.59 Å². The lowest BCUT2D eigenvalue weighted by Gasteiger charge is -2.32. The number of likely N-dealkylation sites (tertiary alicyclic amines) is 1. The van der Waals surface area contributed by atoms with Crippen LogP contribution in [0.2, 0.25) is 0 Å². The first-order valence-corrected chi connectivity index (χ1v) is 11.9. The van der Waals surface area contributed by atoms with Crippen molar-refractivity contribution in [3.63, 3.8) is 0 Å². The second-order valence-corrected chi connectivity index (χ2v) is 9.65. The third-order valence-corrected chi connectivity index (χ3v) is 6.94. The number of amides is 2. The Morgan fingerprint density at radius 2 is 1.78 bits per heavy atom. The number of hydrogen-bond acceptors (Lipinski definition) is 4. The number of hydrogen-bond donors (Lipinski definition) is 1. The molecule has 7 nitrogen and oxygen atoms in total. The molecule has 7 heteroatoms. The maximum Gasteiger partial charge on any atom is 0.261 e. The summed E-state index contributed by atoms with van der Waals surface area (Å²) >= 11 is 0. The largest absolute Gasteiger partial charge is 0.353 e. The molecule has 1 aromatic heterocycles. The quantitative estimate of drug-likeness (QED) is 0.720. The molecule has 1 N–H and O–H groups in total. The molecule has 1 unspecified atom stereocenters. The van der Waals surface area contributed by atoms with Gasteiger partial charge in [0.2, 0.25) is 11.8 Å². The number of aryl methyl sites for hydroxylation is 1. The molecule has 2 aromatic rings. The van der Waals surface area contributed by atoms with Gasteiger partial charge in [-0.25, -0.2) is 4.98 Å². The van der Waals surface area contributed by atoms with Gasteiger partial charge in [-0.15, -0.1) is 0 Å². The lowest BCUT2D eigenvalue weighted by atomic mass is 9.94. The summed E-state index contributed by atoms with van der Waals surface area (Å²) in [4.78, 5) is 44.9. The predicted molar refractivity (Wildman–Crippen MR) is 124 cm³/mol. The van der Waals surface area contributed by atoms with E-state index in [0.717, 1.165) is 12.8 Å². The number of carbonyl (C=O) groups is 2. The highest BCUT2D eigenvalue weighted by molar-refractivity contribution is 5.80. The molecule has 2 fully saturated rings. The van der Waals surface area contributed by atoms with Crippen LogP contribution < -0.4 is 10.9 Å². The van der Waals surface area contributed by atoms with Crippen LogP contribution in [0.4, 0.5) is 0 Å². The number of piperidine rings is 1. The first-order valence-electron chi connectivity index (χ1n) is 11.9. The van der Waals surface area contributed by atoms with Crippen molar-refractivity contribution in [2.75, 3.05) is 13.1 Å². The molecular formula is C25H34N4O3. The zero-order chi connectivity index (χ0) is 22.8. The first-order chi connectivity index (χ1) is 15.3. The minimum atomic E-state index is -0.0255. The van der Waals surface area contributed by atoms with Gasteiger partial charge in [0.1, 0.15) is 5.82 Å². The Morgan fingerprint density at radius 3 is 2.44 bits per heavy atom.